The highest BCUT2D eigenvalue weighted by Gasteiger charge is 2.27. The van der Waals surface area contributed by atoms with E-state index in [-0.39, 0.29) is 11.8 Å². The largest absolute Gasteiger partial charge is 0.381 e. The minimum Gasteiger partial charge on any atom is -0.381 e. The van der Waals surface area contributed by atoms with Crippen LogP contribution in [0.4, 0.5) is 11.6 Å². The van der Waals surface area contributed by atoms with Gasteiger partial charge in [0.2, 0.25) is 11.9 Å². The third-order valence-electron chi connectivity index (χ3n) is 8.31. The van der Waals surface area contributed by atoms with Crippen LogP contribution in [0.25, 0.3) is 0 Å². The highest BCUT2D eigenvalue weighted by atomic mass is 16.5. The summed E-state index contributed by atoms with van der Waals surface area (Å²) in [6.45, 7) is 8.40. The predicted octanol–water partition coefficient (Wildman–Crippen LogP) is 3.74. The van der Waals surface area contributed by atoms with Gasteiger partial charge in [-0.25, -0.2) is 9.97 Å². The quantitative estimate of drug-likeness (QED) is 0.593. The van der Waals surface area contributed by atoms with Gasteiger partial charge in [0.05, 0.1) is 0 Å². The third-order valence-corrected chi connectivity index (χ3v) is 8.31. The Hall–Kier alpha value is -3.04. The number of nitrogens with zero attached hydrogens (tertiary/aromatic N) is 6. The molecule has 3 aliphatic rings. The van der Waals surface area contributed by atoms with Crippen molar-refractivity contribution < 1.29 is 14.3 Å². The maximum atomic E-state index is 13.7. The van der Waals surface area contributed by atoms with E-state index in [0.717, 1.165) is 69.8 Å². The van der Waals surface area contributed by atoms with Crippen LogP contribution in [0.5, 0.6) is 0 Å². The zero-order chi connectivity index (χ0) is 27.0. The van der Waals surface area contributed by atoms with Crippen LogP contribution < -0.4 is 9.80 Å². The van der Waals surface area contributed by atoms with Crippen LogP contribution in [0.2, 0.25) is 0 Å². The number of carbonyl (C=O) groups excluding carboxylic acids is 2. The van der Waals surface area contributed by atoms with Gasteiger partial charge in [-0.2, -0.15) is 0 Å². The normalized spacial score (nSPS) is 20.6. The lowest BCUT2D eigenvalue weighted by atomic mass is 10.0. The summed E-state index contributed by atoms with van der Waals surface area (Å²) in [7, 11) is 0. The number of amides is 2. The number of fused-ring (bicyclic) bond motifs is 1. The molecule has 9 nitrogen and oxygen atoms in total. The van der Waals surface area contributed by atoms with Crippen molar-refractivity contribution in [2.24, 2.45) is 0 Å². The molecule has 2 aromatic rings. The Morgan fingerprint density at radius 2 is 1.56 bits per heavy atom. The summed E-state index contributed by atoms with van der Waals surface area (Å²) in [5.41, 5.74) is 2.71. The van der Waals surface area contributed by atoms with Crippen molar-refractivity contribution in [2.45, 2.75) is 64.5 Å². The minimum absolute atomic E-state index is 0.0459. The summed E-state index contributed by atoms with van der Waals surface area (Å²) in [5.74, 6) is 0.815. The van der Waals surface area contributed by atoms with Gasteiger partial charge in [-0.15, -0.1) is 0 Å². The minimum atomic E-state index is 0.0459. The molecule has 1 aromatic carbocycles. The first kappa shape index (κ1) is 27.5. The first-order valence-corrected chi connectivity index (χ1v) is 14.6. The van der Waals surface area contributed by atoms with Crippen molar-refractivity contribution in [2.75, 3.05) is 62.3 Å². The van der Waals surface area contributed by atoms with Crippen molar-refractivity contribution in [3.63, 3.8) is 0 Å². The smallest absolute Gasteiger partial charge is 0.253 e. The Labute approximate surface area is 232 Å². The molecule has 0 radical (unpaired) electrons. The number of rotatable bonds is 3. The molecular formula is C30H42N6O3. The Morgan fingerprint density at radius 3 is 2.28 bits per heavy atom. The van der Waals surface area contributed by atoms with E-state index >= 15 is 0 Å². The second-order valence-corrected chi connectivity index (χ2v) is 10.9. The Balaban J connectivity index is 1.38. The van der Waals surface area contributed by atoms with Gasteiger partial charge in [-0.1, -0.05) is 19.3 Å². The molecule has 5 rings (SSSR count). The number of aromatic nitrogens is 2. The van der Waals surface area contributed by atoms with Crippen LogP contribution in [-0.2, 0) is 16.1 Å². The van der Waals surface area contributed by atoms with Crippen molar-refractivity contribution in [1.82, 2.24) is 19.8 Å². The molecule has 2 saturated heterocycles. The number of ether oxygens (including phenoxy) is 1. The van der Waals surface area contributed by atoms with Crippen LogP contribution in [0.15, 0.2) is 36.7 Å². The van der Waals surface area contributed by atoms with E-state index < -0.39 is 0 Å². The van der Waals surface area contributed by atoms with Crippen LogP contribution in [0, 0.1) is 0 Å². The van der Waals surface area contributed by atoms with Gasteiger partial charge in [0.1, 0.15) is 0 Å². The fourth-order valence-corrected chi connectivity index (χ4v) is 6.08. The first-order chi connectivity index (χ1) is 19.1. The summed E-state index contributed by atoms with van der Waals surface area (Å²) in [4.78, 5) is 43.7. The van der Waals surface area contributed by atoms with E-state index in [1.54, 1.807) is 19.3 Å². The lowest BCUT2D eigenvalue weighted by molar-refractivity contribution is -0.116. The Morgan fingerprint density at radius 1 is 0.872 bits per heavy atom. The van der Waals surface area contributed by atoms with Gasteiger partial charge >= 0.3 is 0 Å². The van der Waals surface area contributed by atoms with E-state index in [4.69, 9.17) is 4.74 Å². The highest BCUT2D eigenvalue weighted by molar-refractivity contribution is 5.97. The predicted molar refractivity (Wildman–Crippen MR) is 152 cm³/mol. The molecule has 2 fully saturated rings. The molecular weight excluding hydrogens is 492 g/mol. The van der Waals surface area contributed by atoms with Crippen molar-refractivity contribution >= 4 is 23.5 Å². The van der Waals surface area contributed by atoms with E-state index in [1.807, 2.05) is 28.0 Å². The standard InChI is InChI=1S/C30H42N6O3/c1-24(37)36-15-6-4-2-3-5-14-35(27-10-20-39-21-11-27)23-26-22-25(8-9-28(26)36)29(38)33-16-18-34(19-17-33)30-31-12-7-13-32-30/h7-9,12-13,22,27H,2-6,10-11,14-21,23H2,1H3. The highest BCUT2D eigenvalue weighted by Crippen LogP contribution is 2.29. The fraction of sp³-hybridized carbons (Fsp3) is 0.600. The van der Waals surface area contributed by atoms with Crippen LogP contribution in [0.3, 0.4) is 0 Å². The molecule has 9 heteroatoms. The molecule has 0 N–H and O–H groups in total. The molecule has 0 bridgehead atoms. The first-order valence-electron chi connectivity index (χ1n) is 14.6. The average molecular weight is 535 g/mol. The zero-order valence-corrected chi connectivity index (χ0v) is 23.3. The monoisotopic (exact) mass is 534 g/mol. The number of benzene rings is 1. The van der Waals surface area contributed by atoms with Gasteiger partial charge in [0.15, 0.2) is 0 Å². The molecule has 210 valence electrons. The molecule has 0 aliphatic carbocycles. The van der Waals surface area contributed by atoms with Crippen molar-refractivity contribution in [3.05, 3.63) is 47.8 Å². The van der Waals surface area contributed by atoms with Gasteiger partial charge < -0.3 is 19.4 Å². The second kappa shape index (κ2) is 13.3. The molecule has 0 saturated carbocycles. The number of carbonyl (C=O) groups is 2. The molecule has 0 spiro atoms. The van der Waals surface area contributed by atoms with Crippen LogP contribution >= 0.6 is 0 Å². The topological polar surface area (TPSA) is 82.1 Å². The Bertz CT molecular complexity index is 1100. The average Bonchev–Trinajstić information content (AvgIpc) is 2.98. The van der Waals surface area contributed by atoms with E-state index in [2.05, 4.69) is 25.8 Å². The van der Waals surface area contributed by atoms with Gasteiger partial charge in [-0.05, 0) is 62.1 Å². The summed E-state index contributed by atoms with van der Waals surface area (Å²) in [5, 5.41) is 0. The third kappa shape index (κ3) is 6.94. The maximum absolute atomic E-state index is 13.7. The molecule has 4 heterocycles. The SMILES string of the molecule is CC(=O)N1CCCCCCCN(C2CCOCC2)Cc2cc(C(=O)N3CCN(c4ncccn4)CC3)ccc21. The maximum Gasteiger partial charge on any atom is 0.253 e. The molecule has 0 atom stereocenters. The number of hydrogen-bond donors (Lipinski definition) is 0. The number of hydrogen-bond acceptors (Lipinski definition) is 7. The molecule has 3 aliphatic heterocycles. The molecule has 0 unspecified atom stereocenters. The summed E-state index contributed by atoms with van der Waals surface area (Å²) in [6.07, 6.45) is 11.3. The van der Waals surface area contributed by atoms with Crippen molar-refractivity contribution in [3.8, 4) is 0 Å². The summed E-state index contributed by atoms with van der Waals surface area (Å²) < 4.78 is 5.66. The molecule has 1 aromatic heterocycles. The lowest BCUT2D eigenvalue weighted by Crippen LogP contribution is -2.49. The van der Waals surface area contributed by atoms with Crippen molar-refractivity contribution in [1.29, 1.82) is 0 Å². The second-order valence-electron chi connectivity index (χ2n) is 10.9. The number of piperazine rings is 1. The van der Waals surface area contributed by atoms with E-state index in [0.29, 0.717) is 43.7 Å². The van der Waals surface area contributed by atoms with E-state index in [1.165, 1.54) is 19.3 Å². The lowest BCUT2D eigenvalue weighted by Gasteiger charge is -2.36. The fourth-order valence-electron chi connectivity index (χ4n) is 6.08. The van der Waals surface area contributed by atoms with Gasteiger partial charge in [0, 0.05) is 89.1 Å². The summed E-state index contributed by atoms with van der Waals surface area (Å²) in [6, 6.07) is 8.25. The van der Waals surface area contributed by atoms with Gasteiger partial charge in [0.25, 0.3) is 5.91 Å². The number of anilines is 2. The van der Waals surface area contributed by atoms with Crippen LogP contribution in [0.1, 0.15) is 67.8 Å². The van der Waals surface area contributed by atoms with Crippen LogP contribution in [-0.4, -0.2) is 90.1 Å². The molecule has 2 amide bonds. The molecule has 39 heavy (non-hydrogen) atoms. The van der Waals surface area contributed by atoms with E-state index in [9.17, 15) is 9.59 Å². The van der Waals surface area contributed by atoms with Gasteiger partial charge in [-0.3, -0.25) is 14.5 Å². The summed E-state index contributed by atoms with van der Waals surface area (Å²) >= 11 is 0. The Kier molecular flexibility index (Phi) is 9.42. The zero-order valence-electron chi connectivity index (χ0n) is 23.3.